The SMILES string of the molecule is CC1(C)c2cccc3ccc4cc(-c5ccc(N(c6ccccc6)c6ccc(-c7ccccc7)cc6)c6ccccc56)cc1c4c23. The van der Waals surface area contributed by atoms with Crippen LogP contribution in [0.4, 0.5) is 17.1 Å². The van der Waals surface area contributed by atoms with Crippen molar-refractivity contribution in [3.05, 3.63) is 175 Å². The molecular weight excluding hydrogens is 555 g/mol. The van der Waals surface area contributed by atoms with E-state index < -0.39 is 0 Å². The lowest BCUT2D eigenvalue weighted by Crippen LogP contribution is -2.15. The fraction of sp³-hybridized carbons (Fsp3) is 0.0667. The Balaban J connectivity index is 1.22. The quantitative estimate of drug-likeness (QED) is 0.181. The van der Waals surface area contributed by atoms with Gasteiger partial charge in [-0.2, -0.15) is 0 Å². The van der Waals surface area contributed by atoms with Gasteiger partial charge >= 0.3 is 0 Å². The number of hydrogen-bond acceptors (Lipinski definition) is 1. The smallest absolute Gasteiger partial charge is 0.0540 e. The first-order valence-corrected chi connectivity index (χ1v) is 16.1. The van der Waals surface area contributed by atoms with Gasteiger partial charge in [0.25, 0.3) is 0 Å². The highest BCUT2D eigenvalue weighted by molar-refractivity contribution is 6.16. The lowest BCUT2D eigenvalue weighted by Gasteiger charge is -2.28. The van der Waals surface area contributed by atoms with E-state index in [0.717, 1.165) is 17.1 Å². The Hall–Kier alpha value is -5.66. The van der Waals surface area contributed by atoms with E-state index in [2.05, 4.69) is 183 Å². The van der Waals surface area contributed by atoms with Crippen molar-refractivity contribution >= 4 is 49.4 Å². The van der Waals surface area contributed by atoms with E-state index in [1.165, 1.54) is 65.7 Å². The predicted octanol–water partition coefficient (Wildman–Crippen LogP) is 12.6. The summed E-state index contributed by atoms with van der Waals surface area (Å²) in [4.78, 5) is 2.39. The third-order valence-corrected chi connectivity index (χ3v) is 10.0. The molecule has 0 saturated heterocycles. The van der Waals surface area contributed by atoms with Gasteiger partial charge in [0.1, 0.15) is 0 Å². The average molecular weight is 588 g/mol. The van der Waals surface area contributed by atoms with Gasteiger partial charge in [-0.05, 0) is 103 Å². The van der Waals surface area contributed by atoms with E-state index >= 15 is 0 Å². The van der Waals surface area contributed by atoms with Crippen LogP contribution < -0.4 is 4.90 Å². The molecule has 0 aromatic heterocycles. The van der Waals surface area contributed by atoms with Crippen LogP contribution in [0.15, 0.2) is 164 Å². The van der Waals surface area contributed by atoms with Crippen LogP contribution in [0.25, 0.3) is 54.6 Å². The van der Waals surface area contributed by atoms with Crippen LogP contribution in [0.1, 0.15) is 25.0 Å². The molecule has 0 radical (unpaired) electrons. The van der Waals surface area contributed by atoms with Gasteiger partial charge in [0, 0.05) is 22.2 Å². The molecule has 0 aliphatic heterocycles. The van der Waals surface area contributed by atoms with Crippen LogP contribution >= 0.6 is 0 Å². The van der Waals surface area contributed by atoms with Gasteiger partial charge in [0.15, 0.2) is 0 Å². The van der Waals surface area contributed by atoms with Crippen LogP contribution in [0.2, 0.25) is 0 Å². The van der Waals surface area contributed by atoms with Crippen molar-refractivity contribution in [3.63, 3.8) is 0 Å². The maximum atomic E-state index is 2.46. The Kier molecular flexibility index (Phi) is 5.92. The highest BCUT2D eigenvalue weighted by Crippen LogP contribution is 2.51. The standard InChI is InChI=1S/C45H33N/c1-45(2)40-19-11-14-32-20-21-33-28-34(29-41(45)44(33)43(32)40)37-26-27-42(39-18-10-9-17-38(37)39)46(35-15-7-4-8-16-35)36-24-22-31(23-25-36)30-12-5-3-6-13-30/h3-29H,1-2H3. The summed E-state index contributed by atoms with van der Waals surface area (Å²) in [5, 5.41) is 7.96. The third-order valence-electron chi connectivity index (χ3n) is 10.0. The van der Waals surface area contributed by atoms with Gasteiger partial charge in [-0.25, -0.2) is 0 Å². The third kappa shape index (κ3) is 4.02. The Morgan fingerprint density at radius 2 is 1.04 bits per heavy atom. The van der Waals surface area contributed by atoms with Gasteiger partial charge in [-0.15, -0.1) is 0 Å². The van der Waals surface area contributed by atoms with Crippen molar-refractivity contribution in [1.29, 1.82) is 0 Å². The normalized spacial score (nSPS) is 13.2. The summed E-state index contributed by atoms with van der Waals surface area (Å²) >= 11 is 0. The van der Waals surface area contributed by atoms with E-state index in [-0.39, 0.29) is 5.41 Å². The fourth-order valence-electron chi connectivity index (χ4n) is 7.72. The first-order chi connectivity index (χ1) is 22.6. The predicted molar refractivity (Wildman–Crippen MR) is 197 cm³/mol. The molecule has 0 N–H and O–H groups in total. The molecule has 46 heavy (non-hydrogen) atoms. The molecule has 1 heteroatoms. The summed E-state index contributed by atoms with van der Waals surface area (Å²) in [5.74, 6) is 0. The molecule has 1 aliphatic carbocycles. The highest BCUT2D eigenvalue weighted by atomic mass is 15.1. The molecule has 0 unspecified atom stereocenters. The van der Waals surface area contributed by atoms with Crippen molar-refractivity contribution in [1.82, 2.24) is 0 Å². The molecule has 0 bridgehead atoms. The molecule has 1 aliphatic rings. The highest BCUT2D eigenvalue weighted by Gasteiger charge is 2.34. The summed E-state index contributed by atoms with van der Waals surface area (Å²) in [6.45, 7) is 4.75. The van der Waals surface area contributed by atoms with Crippen LogP contribution in [-0.2, 0) is 5.41 Å². The number of hydrogen-bond donors (Lipinski definition) is 0. The molecule has 218 valence electrons. The number of rotatable bonds is 5. The lowest BCUT2D eigenvalue weighted by atomic mass is 9.80. The van der Waals surface area contributed by atoms with Crippen molar-refractivity contribution in [2.75, 3.05) is 4.90 Å². The Morgan fingerprint density at radius 3 is 1.83 bits per heavy atom. The molecule has 0 atom stereocenters. The summed E-state index contributed by atoms with van der Waals surface area (Å²) in [7, 11) is 0. The topological polar surface area (TPSA) is 3.24 Å². The number of para-hydroxylation sites is 1. The summed E-state index contributed by atoms with van der Waals surface area (Å²) in [6, 6.07) is 60.0. The molecule has 9 rings (SSSR count). The lowest BCUT2D eigenvalue weighted by molar-refractivity contribution is 0.663. The molecule has 8 aromatic carbocycles. The van der Waals surface area contributed by atoms with Crippen LogP contribution in [0, 0.1) is 0 Å². The fourth-order valence-corrected chi connectivity index (χ4v) is 7.72. The van der Waals surface area contributed by atoms with Crippen molar-refractivity contribution in [2.45, 2.75) is 19.3 Å². The molecule has 0 fully saturated rings. The van der Waals surface area contributed by atoms with Crippen molar-refractivity contribution < 1.29 is 0 Å². The number of benzene rings is 8. The maximum Gasteiger partial charge on any atom is 0.0540 e. The Labute approximate surface area is 270 Å². The maximum absolute atomic E-state index is 2.46. The van der Waals surface area contributed by atoms with Crippen LogP contribution in [0.5, 0.6) is 0 Å². The number of nitrogens with zero attached hydrogens (tertiary/aromatic N) is 1. The molecule has 1 nitrogen and oxygen atoms in total. The van der Waals surface area contributed by atoms with Gasteiger partial charge in [-0.3, -0.25) is 0 Å². The van der Waals surface area contributed by atoms with Crippen LogP contribution in [-0.4, -0.2) is 0 Å². The van der Waals surface area contributed by atoms with E-state index in [1.807, 2.05) is 0 Å². The number of fused-ring (bicyclic) bond motifs is 1. The van der Waals surface area contributed by atoms with Crippen molar-refractivity contribution in [3.8, 4) is 22.3 Å². The van der Waals surface area contributed by atoms with Gasteiger partial charge in [0.2, 0.25) is 0 Å². The molecule has 0 saturated carbocycles. The summed E-state index contributed by atoms with van der Waals surface area (Å²) < 4.78 is 0. The molecule has 0 spiro atoms. The van der Waals surface area contributed by atoms with Gasteiger partial charge < -0.3 is 4.90 Å². The summed E-state index contributed by atoms with van der Waals surface area (Å²) in [5.41, 5.74) is 11.2. The van der Waals surface area contributed by atoms with Crippen molar-refractivity contribution in [2.24, 2.45) is 0 Å². The second kappa shape index (κ2) is 10.2. The first-order valence-electron chi connectivity index (χ1n) is 16.1. The minimum absolute atomic E-state index is 0.0524. The zero-order valence-corrected chi connectivity index (χ0v) is 26.0. The second-order valence-electron chi connectivity index (χ2n) is 13.0. The van der Waals surface area contributed by atoms with E-state index in [9.17, 15) is 0 Å². The minimum atomic E-state index is -0.0524. The molecule has 0 heterocycles. The van der Waals surface area contributed by atoms with Gasteiger partial charge in [0.05, 0.1) is 5.69 Å². The van der Waals surface area contributed by atoms with Crippen LogP contribution in [0.3, 0.4) is 0 Å². The largest absolute Gasteiger partial charge is 0.310 e. The first kappa shape index (κ1) is 26.7. The van der Waals surface area contributed by atoms with E-state index in [1.54, 1.807) is 0 Å². The van der Waals surface area contributed by atoms with E-state index in [0.29, 0.717) is 0 Å². The van der Waals surface area contributed by atoms with E-state index in [4.69, 9.17) is 0 Å². The zero-order valence-electron chi connectivity index (χ0n) is 26.0. The summed E-state index contributed by atoms with van der Waals surface area (Å²) in [6.07, 6.45) is 0. The zero-order chi connectivity index (χ0) is 30.8. The Morgan fingerprint density at radius 1 is 0.413 bits per heavy atom. The monoisotopic (exact) mass is 587 g/mol. The van der Waals surface area contributed by atoms with Gasteiger partial charge in [-0.1, -0.05) is 135 Å². The Bertz CT molecular complexity index is 2420. The number of anilines is 3. The molecule has 0 amide bonds. The molecule has 8 aromatic rings. The minimum Gasteiger partial charge on any atom is -0.310 e. The molecular formula is C45H33N. The average Bonchev–Trinajstić information content (AvgIpc) is 3.35. The second-order valence-corrected chi connectivity index (χ2v) is 13.0.